The Hall–Kier alpha value is -1.07. The second kappa shape index (κ2) is 4.55. The van der Waals surface area contributed by atoms with E-state index in [0.29, 0.717) is 12.1 Å². The van der Waals surface area contributed by atoms with Crippen molar-refractivity contribution in [2.24, 2.45) is 7.05 Å². The fourth-order valence-electron chi connectivity index (χ4n) is 3.32. The molecule has 5 heteroatoms. The second-order valence-electron chi connectivity index (χ2n) is 5.45. The maximum absolute atomic E-state index is 6.10. The van der Waals surface area contributed by atoms with Crippen LogP contribution >= 0.6 is 0 Å². The number of ether oxygens (including phenoxy) is 1. The van der Waals surface area contributed by atoms with E-state index in [1.165, 1.54) is 24.8 Å². The van der Waals surface area contributed by atoms with E-state index in [9.17, 15) is 0 Å². The molecule has 0 bridgehead atoms. The summed E-state index contributed by atoms with van der Waals surface area (Å²) in [5, 5.41) is 4.40. The molecular formula is C13H22N4O. The van der Waals surface area contributed by atoms with Crippen LogP contribution in [0.4, 0.5) is 5.82 Å². The van der Waals surface area contributed by atoms with Gasteiger partial charge in [-0.1, -0.05) is 0 Å². The van der Waals surface area contributed by atoms with Gasteiger partial charge in [0.05, 0.1) is 18.4 Å². The molecule has 1 aliphatic heterocycles. The molecular weight excluding hydrogens is 228 g/mol. The van der Waals surface area contributed by atoms with Crippen LogP contribution in [0.5, 0.6) is 0 Å². The molecule has 2 unspecified atom stereocenters. The number of nitrogens with zero attached hydrogens (tertiary/aromatic N) is 3. The number of morpholine rings is 1. The molecule has 100 valence electrons. The van der Waals surface area contributed by atoms with Crippen LogP contribution in [0.25, 0.3) is 0 Å². The molecule has 0 amide bonds. The Morgan fingerprint density at radius 1 is 1.44 bits per heavy atom. The molecule has 5 nitrogen and oxygen atoms in total. The summed E-state index contributed by atoms with van der Waals surface area (Å²) in [5.41, 5.74) is 8.34. The molecule has 2 atom stereocenters. The minimum atomic E-state index is 0.442. The van der Waals surface area contributed by atoms with Gasteiger partial charge in [0.25, 0.3) is 0 Å². The highest BCUT2D eigenvalue weighted by molar-refractivity contribution is 5.42. The van der Waals surface area contributed by atoms with E-state index in [2.05, 4.69) is 10.00 Å². The highest BCUT2D eigenvalue weighted by Gasteiger charge is 2.36. The van der Waals surface area contributed by atoms with Crippen molar-refractivity contribution in [3.63, 3.8) is 0 Å². The van der Waals surface area contributed by atoms with Gasteiger partial charge in [-0.2, -0.15) is 5.10 Å². The highest BCUT2D eigenvalue weighted by Crippen LogP contribution is 2.31. The first kappa shape index (κ1) is 12.0. The normalized spacial score (nSPS) is 28.6. The Morgan fingerprint density at radius 2 is 2.28 bits per heavy atom. The summed E-state index contributed by atoms with van der Waals surface area (Å²) in [6.45, 7) is 4.81. The Bertz CT molecular complexity index is 442. The van der Waals surface area contributed by atoms with Crippen molar-refractivity contribution in [2.45, 2.75) is 44.9 Å². The average molecular weight is 250 g/mol. The van der Waals surface area contributed by atoms with Crippen molar-refractivity contribution in [2.75, 3.05) is 18.9 Å². The standard InChI is InChI=1S/C13H22N4O/c1-9-10(13(14)16(2)15-9)8-17-6-7-18-12-5-3-4-11(12)17/h11-12H,3-8,14H2,1-2H3. The summed E-state index contributed by atoms with van der Waals surface area (Å²) in [6, 6.07) is 0.581. The summed E-state index contributed by atoms with van der Waals surface area (Å²) < 4.78 is 7.62. The predicted octanol–water partition coefficient (Wildman–Crippen LogP) is 1.06. The molecule has 0 radical (unpaired) electrons. The fraction of sp³-hybridized carbons (Fsp3) is 0.769. The van der Waals surface area contributed by atoms with E-state index < -0.39 is 0 Å². The average Bonchev–Trinajstić information content (AvgIpc) is 2.91. The number of rotatable bonds is 2. The summed E-state index contributed by atoms with van der Waals surface area (Å²) >= 11 is 0. The monoisotopic (exact) mass is 250 g/mol. The summed E-state index contributed by atoms with van der Waals surface area (Å²) in [7, 11) is 1.91. The van der Waals surface area contributed by atoms with Gasteiger partial charge < -0.3 is 10.5 Å². The van der Waals surface area contributed by atoms with Crippen molar-refractivity contribution < 1.29 is 4.74 Å². The van der Waals surface area contributed by atoms with Gasteiger partial charge in [-0.3, -0.25) is 9.58 Å². The molecule has 3 rings (SSSR count). The van der Waals surface area contributed by atoms with E-state index in [0.717, 1.165) is 31.2 Å². The maximum Gasteiger partial charge on any atom is 0.126 e. The van der Waals surface area contributed by atoms with Gasteiger partial charge in [-0.25, -0.2) is 0 Å². The summed E-state index contributed by atoms with van der Waals surface area (Å²) in [4.78, 5) is 2.53. The lowest BCUT2D eigenvalue weighted by Gasteiger charge is -2.37. The van der Waals surface area contributed by atoms with Crippen molar-refractivity contribution in [3.8, 4) is 0 Å². The van der Waals surface area contributed by atoms with Crippen LogP contribution in [0.2, 0.25) is 0 Å². The molecule has 1 saturated carbocycles. The van der Waals surface area contributed by atoms with Crippen molar-refractivity contribution in [1.82, 2.24) is 14.7 Å². The van der Waals surface area contributed by atoms with Crippen LogP contribution in [0.1, 0.15) is 30.5 Å². The number of nitrogens with two attached hydrogens (primary N) is 1. The lowest BCUT2D eigenvalue weighted by Crippen LogP contribution is -2.47. The molecule has 0 aromatic carbocycles. The molecule has 2 N–H and O–H groups in total. The quantitative estimate of drug-likeness (QED) is 0.853. The topological polar surface area (TPSA) is 56.3 Å². The third kappa shape index (κ3) is 1.91. The lowest BCUT2D eigenvalue weighted by molar-refractivity contribution is -0.0588. The van der Waals surface area contributed by atoms with E-state index >= 15 is 0 Å². The van der Waals surface area contributed by atoms with Crippen LogP contribution in [0.3, 0.4) is 0 Å². The first-order valence-corrected chi connectivity index (χ1v) is 6.80. The van der Waals surface area contributed by atoms with Gasteiger partial charge in [-0.15, -0.1) is 0 Å². The molecule has 2 heterocycles. The number of hydrogen-bond acceptors (Lipinski definition) is 4. The number of aromatic nitrogens is 2. The number of nitrogen functional groups attached to an aromatic ring is 1. The Morgan fingerprint density at radius 3 is 3.00 bits per heavy atom. The van der Waals surface area contributed by atoms with Crippen LogP contribution in [-0.2, 0) is 18.3 Å². The van der Waals surface area contributed by atoms with Crippen molar-refractivity contribution in [1.29, 1.82) is 0 Å². The van der Waals surface area contributed by atoms with E-state index in [4.69, 9.17) is 10.5 Å². The van der Waals surface area contributed by atoms with Gasteiger partial charge in [0.2, 0.25) is 0 Å². The molecule has 1 aliphatic carbocycles. The zero-order valence-corrected chi connectivity index (χ0v) is 11.2. The minimum Gasteiger partial charge on any atom is -0.384 e. The predicted molar refractivity (Wildman–Crippen MR) is 70.1 cm³/mol. The molecule has 1 aromatic rings. The molecule has 2 aliphatic rings. The molecule has 1 saturated heterocycles. The molecule has 18 heavy (non-hydrogen) atoms. The van der Waals surface area contributed by atoms with Gasteiger partial charge in [0.15, 0.2) is 0 Å². The Labute approximate surface area is 108 Å². The molecule has 1 aromatic heterocycles. The number of hydrogen-bond donors (Lipinski definition) is 1. The Kier molecular flexibility index (Phi) is 3.03. The molecule has 0 spiro atoms. The van der Waals surface area contributed by atoms with Gasteiger partial charge >= 0.3 is 0 Å². The Balaban J connectivity index is 1.79. The van der Waals surface area contributed by atoms with E-state index in [1.807, 2.05) is 14.0 Å². The number of anilines is 1. The summed E-state index contributed by atoms with van der Waals surface area (Å²) in [5.74, 6) is 0.800. The first-order valence-electron chi connectivity index (χ1n) is 6.80. The largest absolute Gasteiger partial charge is 0.384 e. The van der Waals surface area contributed by atoms with Crippen LogP contribution in [0, 0.1) is 6.92 Å². The fourth-order valence-corrected chi connectivity index (χ4v) is 3.32. The minimum absolute atomic E-state index is 0.442. The van der Waals surface area contributed by atoms with Crippen LogP contribution in [-0.4, -0.2) is 40.0 Å². The number of aryl methyl sites for hydroxylation is 2. The SMILES string of the molecule is Cc1nn(C)c(N)c1CN1CCOC2CCCC21. The van der Waals surface area contributed by atoms with Crippen LogP contribution < -0.4 is 5.73 Å². The van der Waals surface area contributed by atoms with Crippen molar-refractivity contribution >= 4 is 5.82 Å². The molecule has 2 fully saturated rings. The smallest absolute Gasteiger partial charge is 0.126 e. The third-order valence-corrected chi connectivity index (χ3v) is 4.35. The zero-order valence-electron chi connectivity index (χ0n) is 11.2. The highest BCUT2D eigenvalue weighted by atomic mass is 16.5. The van der Waals surface area contributed by atoms with Gasteiger partial charge in [0, 0.05) is 31.7 Å². The maximum atomic E-state index is 6.10. The second-order valence-corrected chi connectivity index (χ2v) is 5.45. The lowest BCUT2D eigenvalue weighted by atomic mass is 10.1. The zero-order chi connectivity index (χ0) is 12.7. The first-order chi connectivity index (χ1) is 8.66. The van der Waals surface area contributed by atoms with Crippen molar-refractivity contribution in [3.05, 3.63) is 11.3 Å². The van der Waals surface area contributed by atoms with Gasteiger partial charge in [-0.05, 0) is 26.2 Å². The van der Waals surface area contributed by atoms with Gasteiger partial charge in [0.1, 0.15) is 5.82 Å². The van der Waals surface area contributed by atoms with Crippen LogP contribution in [0.15, 0.2) is 0 Å². The van der Waals surface area contributed by atoms with E-state index in [1.54, 1.807) is 4.68 Å². The number of fused-ring (bicyclic) bond motifs is 1. The third-order valence-electron chi connectivity index (χ3n) is 4.35. The summed E-state index contributed by atoms with van der Waals surface area (Å²) in [6.07, 6.45) is 4.19. The van der Waals surface area contributed by atoms with E-state index in [-0.39, 0.29) is 0 Å².